The zero-order valence-electron chi connectivity index (χ0n) is 5.49. The average Bonchev–Trinajstić information content (AvgIpc) is 1.87. The lowest BCUT2D eigenvalue weighted by Crippen LogP contribution is -2.24. The van der Waals surface area contributed by atoms with E-state index in [1.165, 1.54) is 0 Å². The Hall–Kier alpha value is -1.72. The predicted molar refractivity (Wildman–Crippen MR) is 29.4 cm³/mol. The summed E-state index contributed by atoms with van der Waals surface area (Å²) in [4.78, 5) is 40.1. The second-order valence-electron chi connectivity index (χ2n) is 1.54. The highest BCUT2D eigenvalue weighted by Crippen LogP contribution is 1.82. The molecule has 0 atom stereocenters. The van der Waals surface area contributed by atoms with Crippen molar-refractivity contribution in [3.8, 4) is 0 Å². The molecule has 0 fully saturated rings. The van der Waals surface area contributed by atoms with Crippen molar-refractivity contribution < 1.29 is 29.0 Å². The Morgan fingerprint density at radius 1 is 1.09 bits per heavy atom. The third-order valence-corrected chi connectivity index (χ3v) is 0.647. The van der Waals surface area contributed by atoms with E-state index in [0.717, 1.165) is 6.92 Å². The van der Waals surface area contributed by atoms with Gasteiger partial charge in [0.15, 0.2) is 0 Å². The molecule has 0 saturated heterocycles. The molecule has 0 aliphatic carbocycles. The first-order valence-corrected chi connectivity index (χ1v) is 2.45. The van der Waals surface area contributed by atoms with Gasteiger partial charge in [-0.25, -0.2) is 14.4 Å². The van der Waals surface area contributed by atoms with Crippen molar-refractivity contribution >= 4 is 23.7 Å². The highest BCUT2D eigenvalue weighted by Gasteiger charge is 2.20. The van der Waals surface area contributed by atoms with E-state index >= 15 is 0 Å². The lowest BCUT2D eigenvalue weighted by Gasteiger charge is -1.93. The summed E-state index contributed by atoms with van der Waals surface area (Å²) >= 11 is 0. The van der Waals surface area contributed by atoms with Gasteiger partial charge in [-0.15, -0.1) is 0 Å². The van der Waals surface area contributed by atoms with Gasteiger partial charge in [0.25, 0.3) is 0 Å². The Balaban J connectivity index is 4.07. The van der Waals surface area contributed by atoms with Crippen molar-refractivity contribution in [1.82, 2.24) is 0 Å². The Bertz CT molecular complexity index is 203. The van der Waals surface area contributed by atoms with Gasteiger partial charge in [-0.3, -0.25) is 4.79 Å². The van der Waals surface area contributed by atoms with Crippen molar-refractivity contribution in [1.29, 1.82) is 0 Å². The summed E-state index contributed by atoms with van der Waals surface area (Å²) in [5, 5.41) is 7.87. The predicted octanol–water partition coefficient (Wildman–Crippen LogP) is -1.27. The largest absolute Gasteiger partial charge is 0.473 e. The quantitative estimate of drug-likeness (QED) is 0.291. The zero-order chi connectivity index (χ0) is 9.02. The molecule has 0 saturated carbocycles. The van der Waals surface area contributed by atoms with Crippen LogP contribution >= 0.6 is 0 Å². The van der Waals surface area contributed by atoms with E-state index in [9.17, 15) is 19.2 Å². The number of ether oxygens (including phenoxy) is 1. The summed E-state index contributed by atoms with van der Waals surface area (Å²) < 4.78 is 3.55. The molecule has 0 aromatic carbocycles. The topological polar surface area (TPSA) is 97.7 Å². The van der Waals surface area contributed by atoms with Crippen LogP contribution in [0, 0.1) is 0 Å². The second-order valence-corrected chi connectivity index (χ2v) is 1.54. The highest BCUT2D eigenvalue weighted by molar-refractivity contribution is 6.39. The molecule has 0 unspecified atom stereocenters. The molecule has 6 heteroatoms. The van der Waals surface area contributed by atoms with Gasteiger partial charge in [0.05, 0.1) is 0 Å². The Kier molecular flexibility index (Phi) is 2.91. The van der Waals surface area contributed by atoms with Gasteiger partial charge in [0.2, 0.25) is 5.78 Å². The molecule has 0 spiro atoms. The summed E-state index contributed by atoms with van der Waals surface area (Å²) in [7, 11) is 0. The Morgan fingerprint density at radius 3 is 1.82 bits per heavy atom. The van der Waals surface area contributed by atoms with Crippen LogP contribution in [-0.2, 0) is 23.9 Å². The molecule has 0 bridgehead atoms. The number of Topliss-reactive ketones (excluding diaryl/α,β-unsaturated/α-hetero) is 1. The van der Waals surface area contributed by atoms with Crippen LogP contribution in [0.1, 0.15) is 6.92 Å². The van der Waals surface area contributed by atoms with E-state index in [4.69, 9.17) is 5.11 Å². The second kappa shape index (κ2) is 3.45. The molecule has 11 heavy (non-hydrogen) atoms. The summed E-state index contributed by atoms with van der Waals surface area (Å²) in [6, 6.07) is 0. The average molecular weight is 160 g/mol. The lowest BCUT2D eigenvalue weighted by molar-refractivity contribution is -0.172. The zero-order valence-corrected chi connectivity index (χ0v) is 5.49. The van der Waals surface area contributed by atoms with Crippen LogP contribution in [0.15, 0.2) is 0 Å². The summed E-state index contributed by atoms with van der Waals surface area (Å²) in [6.07, 6.45) is 0. The molecule has 6 nitrogen and oxygen atoms in total. The number of ketones is 1. The van der Waals surface area contributed by atoms with Crippen molar-refractivity contribution in [2.24, 2.45) is 0 Å². The number of carboxylic acids is 1. The number of carbonyl (C=O) groups is 4. The fourth-order valence-corrected chi connectivity index (χ4v) is 0.200. The molecule has 60 valence electrons. The van der Waals surface area contributed by atoms with Crippen LogP contribution < -0.4 is 0 Å². The summed E-state index contributed by atoms with van der Waals surface area (Å²) in [5.74, 6) is -6.18. The fraction of sp³-hybridized carbons (Fsp3) is 0.200. The van der Waals surface area contributed by atoms with E-state index in [-0.39, 0.29) is 0 Å². The van der Waals surface area contributed by atoms with Gasteiger partial charge in [0, 0.05) is 6.92 Å². The highest BCUT2D eigenvalue weighted by atomic mass is 16.6. The summed E-state index contributed by atoms with van der Waals surface area (Å²) in [6.45, 7) is 0.859. The van der Waals surface area contributed by atoms with Crippen LogP contribution in [0.2, 0.25) is 0 Å². The Labute approximate surface area is 60.8 Å². The number of carboxylic acid groups (broad SMARTS) is 1. The molecule has 1 N–H and O–H groups in total. The smallest absolute Gasteiger partial charge is 0.425 e. The van der Waals surface area contributed by atoms with Crippen LogP contribution in [0.5, 0.6) is 0 Å². The number of hydrogen-bond acceptors (Lipinski definition) is 5. The number of rotatable bonds is 1. The molecule has 0 aromatic rings. The SMILES string of the molecule is CC(=O)C(=O)OC(=O)C(=O)O. The number of hydrogen-bond donors (Lipinski definition) is 1. The first kappa shape index (κ1) is 9.28. The number of esters is 2. The molecule has 0 heterocycles. The van der Waals surface area contributed by atoms with Crippen molar-refractivity contribution in [2.45, 2.75) is 6.92 Å². The van der Waals surface area contributed by atoms with Crippen LogP contribution in [0.3, 0.4) is 0 Å². The van der Waals surface area contributed by atoms with Gasteiger partial charge in [-0.1, -0.05) is 0 Å². The van der Waals surface area contributed by atoms with Gasteiger partial charge in [-0.2, -0.15) is 0 Å². The third-order valence-electron chi connectivity index (χ3n) is 0.647. The minimum absolute atomic E-state index is 0.859. The lowest BCUT2D eigenvalue weighted by atomic mass is 10.5. The molecule has 0 amide bonds. The molecule has 0 aliphatic rings. The van der Waals surface area contributed by atoms with E-state index < -0.39 is 23.7 Å². The maximum absolute atomic E-state index is 10.2. The van der Waals surface area contributed by atoms with Crippen molar-refractivity contribution in [3.05, 3.63) is 0 Å². The van der Waals surface area contributed by atoms with E-state index in [1.807, 2.05) is 0 Å². The normalized spacial score (nSPS) is 8.45. The molecule has 0 aliphatic heterocycles. The standard InChI is InChI=1S/C5H4O6/c1-2(6)4(9)11-5(10)3(7)8/h1H3,(H,7,8). The minimum atomic E-state index is -1.92. The van der Waals surface area contributed by atoms with Gasteiger partial charge in [-0.05, 0) is 0 Å². The van der Waals surface area contributed by atoms with E-state index in [2.05, 4.69) is 4.74 Å². The van der Waals surface area contributed by atoms with Crippen LogP contribution in [-0.4, -0.2) is 28.8 Å². The first-order valence-electron chi connectivity index (χ1n) is 2.45. The minimum Gasteiger partial charge on any atom is -0.473 e. The fourth-order valence-electron chi connectivity index (χ4n) is 0.200. The van der Waals surface area contributed by atoms with E-state index in [1.54, 1.807) is 0 Å². The van der Waals surface area contributed by atoms with Crippen molar-refractivity contribution in [2.75, 3.05) is 0 Å². The number of aliphatic carboxylic acids is 1. The monoisotopic (exact) mass is 160 g/mol. The Morgan fingerprint density at radius 2 is 1.55 bits per heavy atom. The molecule has 0 aromatic heterocycles. The van der Waals surface area contributed by atoms with Gasteiger partial charge >= 0.3 is 17.9 Å². The maximum atomic E-state index is 10.2. The van der Waals surface area contributed by atoms with Crippen LogP contribution in [0.4, 0.5) is 0 Å². The molecule has 0 radical (unpaired) electrons. The van der Waals surface area contributed by atoms with E-state index in [0.29, 0.717) is 0 Å². The van der Waals surface area contributed by atoms with Crippen molar-refractivity contribution in [3.63, 3.8) is 0 Å². The van der Waals surface area contributed by atoms with Gasteiger partial charge in [0.1, 0.15) is 0 Å². The molecular formula is C5H4O6. The van der Waals surface area contributed by atoms with Gasteiger partial charge < -0.3 is 9.84 Å². The summed E-state index contributed by atoms with van der Waals surface area (Å²) in [5.41, 5.74) is 0. The first-order chi connectivity index (χ1) is 4.95. The number of carbonyl (C=O) groups excluding carboxylic acids is 3. The molecule has 0 rings (SSSR count). The molecular weight excluding hydrogens is 156 g/mol. The van der Waals surface area contributed by atoms with Crippen LogP contribution in [0.25, 0.3) is 0 Å². The maximum Gasteiger partial charge on any atom is 0.425 e. The third kappa shape index (κ3) is 3.09.